The Bertz CT molecular complexity index is 853. The lowest BCUT2D eigenvalue weighted by Crippen LogP contribution is -2.28. The summed E-state index contributed by atoms with van der Waals surface area (Å²) in [5, 5.41) is 2.41. The molecule has 0 aliphatic carbocycles. The maximum Gasteiger partial charge on any atom is 0.238 e. The molecule has 1 aromatic carbocycles. The molecule has 104 valence electrons. The zero-order valence-electron chi connectivity index (χ0n) is 11.1. The molecular formula is C14H14N2O3S. The maximum absolute atomic E-state index is 9.08. The summed E-state index contributed by atoms with van der Waals surface area (Å²) < 4.78 is 29.3. The third-order valence-corrected chi connectivity index (χ3v) is 2.72. The summed E-state index contributed by atoms with van der Waals surface area (Å²) >= 11 is 0. The molecule has 0 aliphatic rings. The Morgan fingerprint density at radius 1 is 1.10 bits per heavy atom. The van der Waals surface area contributed by atoms with Crippen LogP contribution in [0.3, 0.4) is 0 Å². The van der Waals surface area contributed by atoms with Crippen LogP contribution in [0.2, 0.25) is 0 Å². The van der Waals surface area contributed by atoms with Gasteiger partial charge in [-0.15, -0.1) is 0 Å². The fourth-order valence-electron chi connectivity index (χ4n) is 2.00. The number of benzene rings is 1. The first-order valence-electron chi connectivity index (χ1n) is 5.89. The molecule has 0 spiro atoms. The van der Waals surface area contributed by atoms with Crippen LogP contribution in [0, 0.1) is 0 Å². The van der Waals surface area contributed by atoms with Crippen molar-refractivity contribution in [3.05, 3.63) is 48.8 Å². The average molecular weight is 290 g/mol. The van der Waals surface area contributed by atoms with Crippen molar-refractivity contribution < 1.29 is 17.5 Å². The summed E-state index contributed by atoms with van der Waals surface area (Å²) in [5.41, 5.74) is 2.26. The van der Waals surface area contributed by atoms with Gasteiger partial charge in [-0.2, -0.15) is 4.57 Å². The number of pyridine rings is 2. The van der Waals surface area contributed by atoms with E-state index in [1.54, 1.807) is 0 Å². The van der Waals surface area contributed by atoms with Gasteiger partial charge in [0.2, 0.25) is 5.52 Å². The molecule has 0 amide bonds. The molecule has 0 N–H and O–H groups in total. The highest BCUT2D eigenvalue weighted by Gasteiger charge is 2.09. The fraction of sp³-hybridized carbons (Fsp3) is 0.143. The van der Waals surface area contributed by atoms with E-state index in [2.05, 4.69) is 53.1 Å². The Hall–Kier alpha value is -2.05. The average Bonchev–Trinajstić information content (AvgIpc) is 2.36. The standard InChI is InChI=1S/C13H11N2.CH4O3S/c1-15-9-3-5-11-7-6-10-4-2-8-14-12(10)13(11)15;1-5(2,3)4/h2-9H,1H3;1H3,(H,2,3,4)/q+1;/p-1. The molecule has 5 nitrogen and oxygen atoms in total. The molecule has 0 fully saturated rings. The lowest BCUT2D eigenvalue weighted by atomic mass is 10.1. The Labute approximate surface area is 117 Å². The Morgan fingerprint density at radius 3 is 2.40 bits per heavy atom. The highest BCUT2D eigenvalue weighted by Crippen LogP contribution is 2.19. The molecule has 6 heteroatoms. The van der Waals surface area contributed by atoms with Gasteiger partial charge in [0.1, 0.15) is 12.6 Å². The smallest absolute Gasteiger partial charge is 0.238 e. The Morgan fingerprint density at radius 2 is 1.70 bits per heavy atom. The number of hydrogen-bond donors (Lipinski definition) is 0. The number of aryl methyl sites for hydroxylation is 1. The molecule has 0 radical (unpaired) electrons. The van der Waals surface area contributed by atoms with E-state index in [1.807, 2.05) is 12.3 Å². The van der Waals surface area contributed by atoms with Gasteiger partial charge in [-0.1, -0.05) is 12.1 Å². The van der Waals surface area contributed by atoms with Gasteiger partial charge in [0, 0.05) is 29.3 Å². The molecule has 0 bridgehead atoms. The Kier molecular flexibility index (Phi) is 3.96. The van der Waals surface area contributed by atoms with Crippen molar-refractivity contribution in [1.82, 2.24) is 4.98 Å². The van der Waals surface area contributed by atoms with Crippen LogP contribution in [0.25, 0.3) is 21.8 Å². The van der Waals surface area contributed by atoms with Crippen molar-refractivity contribution in [1.29, 1.82) is 0 Å². The first-order chi connectivity index (χ1) is 9.36. The van der Waals surface area contributed by atoms with Gasteiger partial charge in [-0.25, -0.2) is 13.4 Å². The summed E-state index contributed by atoms with van der Waals surface area (Å²) in [5.74, 6) is 0. The second-order valence-corrected chi connectivity index (χ2v) is 5.81. The van der Waals surface area contributed by atoms with Crippen LogP contribution in [-0.4, -0.2) is 24.2 Å². The molecule has 2 heterocycles. The van der Waals surface area contributed by atoms with Crippen LogP contribution in [0.15, 0.2) is 48.8 Å². The van der Waals surface area contributed by atoms with Gasteiger partial charge in [0.25, 0.3) is 0 Å². The summed E-state index contributed by atoms with van der Waals surface area (Å²) in [4.78, 5) is 4.45. The van der Waals surface area contributed by atoms with Crippen molar-refractivity contribution in [2.45, 2.75) is 0 Å². The quantitative estimate of drug-likeness (QED) is 0.356. The molecule has 0 aliphatic heterocycles. The third kappa shape index (κ3) is 3.49. The number of rotatable bonds is 0. The van der Waals surface area contributed by atoms with Gasteiger partial charge in [-0.05, 0) is 18.2 Å². The van der Waals surface area contributed by atoms with Crippen molar-refractivity contribution in [2.24, 2.45) is 7.05 Å². The fourth-order valence-corrected chi connectivity index (χ4v) is 2.00. The first-order valence-corrected chi connectivity index (χ1v) is 7.71. The second-order valence-electron chi connectivity index (χ2n) is 4.40. The van der Waals surface area contributed by atoms with E-state index < -0.39 is 10.1 Å². The molecular weight excluding hydrogens is 276 g/mol. The van der Waals surface area contributed by atoms with E-state index in [9.17, 15) is 0 Å². The topological polar surface area (TPSA) is 74.0 Å². The predicted octanol–water partition coefficient (Wildman–Crippen LogP) is 1.37. The molecule has 0 unspecified atom stereocenters. The van der Waals surface area contributed by atoms with Crippen LogP contribution >= 0.6 is 0 Å². The number of aromatic nitrogens is 2. The monoisotopic (exact) mass is 290 g/mol. The molecule has 3 aromatic rings. The van der Waals surface area contributed by atoms with Crippen LogP contribution < -0.4 is 4.57 Å². The van der Waals surface area contributed by atoms with Crippen molar-refractivity contribution in [3.63, 3.8) is 0 Å². The minimum Gasteiger partial charge on any atom is -0.748 e. The van der Waals surface area contributed by atoms with E-state index >= 15 is 0 Å². The van der Waals surface area contributed by atoms with Gasteiger partial charge in [0.05, 0.1) is 10.1 Å². The highest BCUT2D eigenvalue weighted by atomic mass is 32.2. The molecule has 3 rings (SSSR count). The molecule has 20 heavy (non-hydrogen) atoms. The van der Waals surface area contributed by atoms with Crippen molar-refractivity contribution in [2.75, 3.05) is 6.26 Å². The number of nitrogens with zero attached hydrogens (tertiary/aromatic N) is 2. The van der Waals surface area contributed by atoms with E-state index in [1.165, 1.54) is 16.3 Å². The molecule has 2 aromatic heterocycles. The zero-order valence-corrected chi connectivity index (χ0v) is 12.0. The largest absolute Gasteiger partial charge is 0.748 e. The molecule has 0 saturated carbocycles. The second kappa shape index (κ2) is 5.52. The van der Waals surface area contributed by atoms with E-state index in [0.717, 1.165) is 5.52 Å². The number of hydrogen-bond acceptors (Lipinski definition) is 4. The highest BCUT2D eigenvalue weighted by molar-refractivity contribution is 7.84. The summed E-state index contributed by atoms with van der Waals surface area (Å²) in [6, 6.07) is 12.5. The number of fused-ring (bicyclic) bond motifs is 3. The van der Waals surface area contributed by atoms with E-state index in [-0.39, 0.29) is 0 Å². The van der Waals surface area contributed by atoms with Gasteiger partial charge >= 0.3 is 0 Å². The summed E-state index contributed by atoms with van der Waals surface area (Å²) in [6.07, 6.45) is 4.50. The lowest BCUT2D eigenvalue weighted by Gasteiger charge is -2.00. The van der Waals surface area contributed by atoms with Crippen LogP contribution in [-0.2, 0) is 17.2 Å². The summed E-state index contributed by atoms with van der Waals surface area (Å²) in [7, 11) is -1.86. The first kappa shape index (κ1) is 14.4. The van der Waals surface area contributed by atoms with Crippen molar-refractivity contribution in [3.8, 4) is 0 Å². The van der Waals surface area contributed by atoms with Gasteiger partial charge in [0.15, 0.2) is 6.20 Å². The summed E-state index contributed by atoms with van der Waals surface area (Å²) in [6.45, 7) is 0. The SMILES string of the molecule is CS(=O)(=O)[O-].C[n+]1cccc2ccc3cccnc3c21. The molecule has 0 saturated heterocycles. The van der Waals surface area contributed by atoms with Crippen molar-refractivity contribution >= 4 is 31.9 Å². The van der Waals surface area contributed by atoms with Crippen LogP contribution in [0.1, 0.15) is 0 Å². The van der Waals surface area contributed by atoms with E-state index in [0.29, 0.717) is 6.26 Å². The van der Waals surface area contributed by atoms with Crippen LogP contribution in [0.5, 0.6) is 0 Å². The van der Waals surface area contributed by atoms with Gasteiger partial charge < -0.3 is 4.55 Å². The molecule has 0 atom stereocenters. The predicted molar refractivity (Wildman–Crippen MR) is 76.0 cm³/mol. The normalized spacial score (nSPS) is 11.2. The maximum atomic E-state index is 9.08. The third-order valence-electron chi connectivity index (χ3n) is 2.72. The minimum atomic E-state index is -3.92. The Balaban J connectivity index is 0.000000257. The minimum absolute atomic E-state index is 0.604. The van der Waals surface area contributed by atoms with E-state index in [4.69, 9.17) is 13.0 Å². The zero-order chi connectivity index (χ0) is 14.8. The van der Waals surface area contributed by atoms with Gasteiger partial charge in [-0.3, -0.25) is 0 Å². The van der Waals surface area contributed by atoms with Crippen LogP contribution in [0.4, 0.5) is 0 Å². The lowest BCUT2D eigenvalue weighted by molar-refractivity contribution is -0.644.